The van der Waals surface area contributed by atoms with Gasteiger partial charge in [-0.2, -0.15) is 0 Å². The number of rotatable bonds is 17. The Morgan fingerprint density at radius 2 is 1.48 bits per heavy atom. The summed E-state index contributed by atoms with van der Waals surface area (Å²) >= 11 is 0. The molecule has 1 aliphatic heterocycles. The predicted octanol–water partition coefficient (Wildman–Crippen LogP) is 8.13. The van der Waals surface area contributed by atoms with Gasteiger partial charge in [-0.25, -0.2) is 0 Å². The first-order valence-electron chi connectivity index (χ1n) is 15.0. The molecule has 0 radical (unpaired) electrons. The molecule has 0 aromatic heterocycles. The summed E-state index contributed by atoms with van der Waals surface area (Å²) in [4.78, 5) is 12.7. The highest BCUT2D eigenvalue weighted by atomic mass is 16.6. The first-order valence-corrected chi connectivity index (χ1v) is 15.0. The summed E-state index contributed by atoms with van der Waals surface area (Å²) < 4.78 is 11.8. The SMILES string of the molecule is CCCCCCCCC=CCCCCCCCC(=O)OC1Cc2c(O)cc(O)cc2OC1c1ccc(O)c(O)c1. The minimum absolute atomic E-state index is 0.139. The summed E-state index contributed by atoms with van der Waals surface area (Å²) in [6.45, 7) is 2.25. The maximum atomic E-state index is 12.7. The van der Waals surface area contributed by atoms with E-state index in [1.807, 2.05) is 0 Å². The average Bonchev–Trinajstić information content (AvgIpc) is 2.92. The third kappa shape index (κ3) is 10.00. The molecular formula is C33H46O7. The molecule has 0 spiro atoms. The molecule has 3 rings (SSSR count). The number of esters is 1. The molecule has 1 heterocycles. The van der Waals surface area contributed by atoms with E-state index in [2.05, 4.69) is 19.1 Å². The minimum Gasteiger partial charge on any atom is -0.508 e. The largest absolute Gasteiger partial charge is 0.508 e. The first-order chi connectivity index (χ1) is 19.4. The second kappa shape index (κ2) is 16.7. The highest BCUT2D eigenvalue weighted by Gasteiger charge is 2.36. The van der Waals surface area contributed by atoms with Crippen molar-refractivity contribution in [2.24, 2.45) is 0 Å². The van der Waals surface area contributed by atoms with Crippen LogP contribution in [-0.2, 0) is 16.0 Å². The molecule has 0 saturated carbocycles. The Balaban J connectivity index is 1.39. The second-order valence-corrected chi connectivity index (χ2v) is 10.8. The number of aromatic hydroxyl groups is 4. The Labute approximate surface area is 238 Å². The lowest BCUT2D eigenvalue weighted by atomic mass is 9.93. The average molecular weight is 555 g/mol. The fraction of sp³-hybridized carbons (Fsp3) is 0.545. The fourth-order valence-corrected chi connectivity index (χ4v) is 5.12. The lowest BCUT2D eigenvalue weighted by molar-refractivity contribution is -0.155. The quantitative estimate of drug-likeness (QED) is 0.0675. The number of carbonyl (C=O) groups is 1. The number of unbranched alkanes of at least 4 members (excludes halogenated alkanes) is 11. The topological polar surface area (TPSA) is 116 Å². The van der Waals surface area contributed by atoms with E-state index >= 15 is 0 Å². The molecule has 220 valence electrons. The molecule has 40 heavy (non-hydrogen) atoms. The van der Waals surface area contributed by atoms with Gasteiger partial charge in [0.15, 0.2) is 17.6 Å². The smallest absolute Gasteiger partial charge is 0.306 e. The zero-order valence-corrected chi connectivity index (χ0v) is 23.8. The summed E-state index contributed by atoms with van der Waals surface area (Å²) in [6, 6.07) is 6.90. The van der Waals surface area contributed by atoms with Gasteiger partial charge in [-0.15, -0.1) is 0 Å². The van der Waals surface area contributed by atoms with Crippen LogP contribution in [0.3, 0.4) is 0 Å². The van der Waals surface area contributed by atoms with Crippen LogP contribution in [0.2, 0.25) is 0 Å². The van der Waals surface area contributed by atoms with Crippen molar-refractivity contribution in [3.8, 4) is 28.7 Å². The standard InChI is InChI=1S/C33H46O7/c1-2-3-4-5-6-7-8-9-10-11-12-13-14-15-16-17-32(38)39-31-23-26-28(36)21-25(34)22-30(26)40-33(31)24-18-19-27(35)29(37)20-24/h9-10,18-22,31,33-37H,2-8,11-17,23H2,1H3. The van der Waals surface area contributed by atoms with Crippen LogP contribution in [0.15, 0.2) is 42.5 Å². The Morgan fingerprint density at radius 3 is 2.15 bits per heavy atom. The molecule has 1 aliphatic rings. The number of hydrogen-bond acceptors (Lipinski definition) is 7. The predicted molar refractivity (Wildman–Crippen MR) is 156 cm³/mol. The lowest BCUT2D eigenvalue weighted by Crippen LogP contribution is -2.34. The molecule has 7 nitrogen and oxygen atoms in total. The zero-order chi connectivity index (χ0) is 28.7. The van der Waals surface area contributed by atoms with Gasteiger partial charge in [-0.3, -0.25) is 4.79 Å². The normalized spacial score (nSPS) is 16.5. The van der Waals surface area contributed by atoms with Gasteiger partial charge in [0.25, 0.3) is 0 Å². The van der Waals surface area contributed by atoms with Crippen molar-refractivity contribution in [3.05, 3.63) is 53.6 Å². The van der Waals surface area contributed by atoms with Gasteiger partial charge in [0.1, 0.15) is 23.4 Å². The van der Waals surface area contributed by atoms with Crippen molar-refractivity contribution in [1.29, 1.82) is 0 Å². The van der Waals surface area contributed by atoms with Crippen LogP contribution in [0.1, 0.15) is 114 Å². The van der Waals surface area contributed by atoms with Gasteiger partial charge in [-0.1, -0.05) is 76.5 Å². The summed E-state index contributed by atoms with van der Waals surface area (Å²) in [5.74, 6) is -0.943. The number of phenolic OH excluding ortho intramolecular Hbond substituents is 4. The first kappa shape index (κ1) is 31.2. The van der Waals surface area contributed by atoms with Gasteiger partial charge >= 0.3 is 5.97 Å². The fourth-order valence-electron chi connectivity index (χ4n) is 5.12. The molecule has 4 N–H and O–H groups in total. The van der Waals surface area contributed by atoms with Crippen molar-refractivity contribution >= 4 is 5.97 Å². The molecule has 0 saturated heterocycles. The second-order valence-electron chi connectivity index (χ2n) is 10.8. The Hall–Kier alpha value is -3.35. The van der Waals surface area contributed by atoms with E-state index in [4.69, 9.17) is 9.47 Å². The number of ether oxygens (including phenoxy) is 2. The van der Waals surface area contributed by atoms with Crippen molar-refractivity contribution in [2.75, 3.05) is 0 Å². The molecule has 2 aromatic rings. The Bertz CT molecular complexity index is 1090. The summed E-state index contributed by atoms with van der Waals surface area (Å²) in [5, 5.41) is 39.9. The molecule has 2 unspecified atom stereocenters. The van der Waals surface area contributed by atoms with Crippen LogP contribution in [0.5, 0.6) is 28.7 Å². The van der Waals surface area contributed by atoms with E-state index in [1.54, 1.807) is 6.07 Å². The maximum absolute atomic E-state index is 12.7. The minimum atomic E-state index is -0.779. The molecule has 7 heteroatoms. The summed E-state index contributed by atoms with van der Waals surface area (Å²) in [7, 11) is 0. The van der Waals surface area contributed by atoms with Crippen molar-refractivity contribution < 1.29 is 34.7 Å². The molecule has 0 fully saturated rings. The Kier molecular flexibility index (Phi) is 13.0. The van der Waals surface area contributed by atoms with E-state index in [0.29, 0.717) is 11.1 Å². The number of phenols is 4. The van der Waals surface area contributed by atoms with Crippen molar-refractivity contribution in [3.63, 3.8) is 0 Å². The van der Waals surface area contributed by atoms with Crippen LogP contribution in [-0.4, -0.2) is 32.5 Å². The van der Waals surface area contributed by atoms with E-state index in [9.17, 15) is 25.2 Å². The van der Waals surface area contributed by atoms with Gasteiger partial charge in [0.2, 0.25) is 0 Å². The summed E-state index contributed by atoms with van der Waals surface area (Å²) in [6.07, 6.45) is 18.9. The van der Waals surface area contributed by atoms with Gasteiger partial charge in [0, 0.05) is 36.1 Å². The number of fused-ring (bicyclic) bond motifs is 1. The van der Waals surface area contributed by atoms with Gasteiger partial charge in [-0.05, 0) is 44.2 Å². The molecule has 2 atom stereocenters. The zero-order valence-electron chi connectivity index (χ0n) is 23.8. The molecular weight excluding hydrogens is 508 g/mol. The monoisotopic (exact) mass is 554 g/mol. The summed E-state index contributed by atoms with van der Waals surface area (Å²) in [5.41, 5.74) is 0.943. The molecule has 0 amide bonds. The highest BCUT2D eigenvalue weighted by molar-refractivity contribution is 5.69. The maximum Gasteiger partial charge on any atom is 0.306 e. The van der Waals surface area contributed by atoms with Crippen LogP contribution in [0.4, 0.5) is 0 Å². The van der Waals surface area contributed by atoms with Gasteiger partial charge in [0.05, 0.1) is 0 Å². The van der Waals surface area contributed by atoms with E-state index in [1.165, 1.54) is 69.2 Å². The molecule has 0 aliphatic carbocycles. The molecule has 2 aromatic carbocycles. The third-order valence-electron chi connectivity index (χ3n) is 7.42. The van der Waals surface area contributed by atoms with Crippen molar-refractivity contribution in [2.45, 2.75) is 115 Å². The van der Waals surface area contributed by atoms with Crippen molar-refractivity contribution in [1.82, 2.24) is 0 Å². The molecule has 0 bridgehead atoms. The number of carbonyl (C=O) groups excluding carboxylic acids is 1. The third-order valence-corrected chi connectivity index (χ3v) is 7.42. The lowest BCUT2D eigenvalue weighted by Gasteiger charge is -2.34. The van der Waals surface area contributed by atoms with E-state index in [-0.39, 0.29) is 47.6 Å². The number of benzene rings is 2. The number of hydrogen-bond donors (Lipinski definition) is 4. The highest BCUT2D eigenvalue weighted by Crippen LogP contribution is 2.43. The van der Waals surface area contributed by atoms with E-state index in [0.717, 1.165) is 38.5 Å². The number of allylic oxidation sites excluding steroid dienone is 2. The van der Waals surface area contributed by atoms with E-state index < -0.39 is 12.2 Å². The van der Waals surface area contributed by atoms with Crippen LogP contribution >= 0.6 is 0 Å². The Morgan fingerprint density at radius 1 is 0.825 bits per heavy atom. The van der Waals surface area contributed by atoms with Crippen LogP contribution in [0, 0.1) is 0 Å². The van der Waals surface area contributed by atoms with Crippen LogP contribution in [0.25, 0.3) is 0 Å². The van der Waals surface area contributed by atoms with Crippen LogP contribution < -0.4 is 4.74 Å². The van der Waals surface area contributed by atoms with Gasteiger partial charge < -0.3 is 29.9 Å².